The molecule has 4 heteroatoms. The van der Waals surface area contributed by atoms with Crippen molar-refractivity contribution < 1.29 is 0 Å². The van der Waals surface area contributed by atoms with Gasteiger partial charge in [0.1, 0.15) is 0 Å². The van der Waals surface area contributed by atoms with Crippen LogP contribution in [0.4, 0.5) is 0 Å². The van der Waals surface area contributed by atoms with Gasteiger partial charge in [0.15, 0.2) is 0 Å². The average Bonchev–Trinajstić information content (AvgIpc) is 2.07. The van der Waals surface area contributed by atoms with Crippen molar-refractivity contribution in [2.24, 2.45) is 0 Å². The molecule has 0 amide bonds. The summed E-state index contributed by atoms with van der Waals surface area (Å²) in [6.07, 6.45) is 0. The van der Waals surface area contributed by atoms with Crippen LogP contribution in [0.25, 0.3) is 0 Å². The van der Waals surface area contributed by atoms with Crippen LogP contribution in [0.1, 0.15) is 0 Å². The lowest BCUT2D eigenvalue weighted by Crippen LogP contribution is -2.34. The number of hydrogen-bond acceptors (Lipinski definition) is 4. The highest BCUT2D eigenvalue weighted by Crippen LogP contribution is 2.48. The summed E-state index contributed by atoms with van der Waals surface area (Å²) in [4.78, 5) is 0. The molecule has 2 saturated heterocycles. The van der Waals surface area contributed by atoms with Gasteiger partial charge in [0.2, 0.25) is 0 Å². The van der Waals surface area contributed by atoms with Crippen LogP contribution >= 0.6 is 47.0 Å². The van der Waals surface area contributed by atoms with E-state index >= 15 is 0 Å². The van der Waals surface area contributed by atoms with E-state index in [0.717, 1.165) is 0 Å². The topological polar surface area (TPSA) is 0 Å². The second kappa shape index (κ2) is 4.07. The highest BCUT2D eigenvalue weighted by molar-refractivity contribution is 8.22. The summed E-state index contributed by atoms with van der Waals surface area (Å²) in [5.41, 5.74) is 0. The zero-order valence-electron chi connectivity index (χ0n) is 6.38. The predicted octanol–water partition coefficient (Wildman–Crippen LogP) is 2.64. The summed E-state index contributed by atoms with van der Waals surface area (Å²) in [5, 5.41) is 0. The molecule has 0 aromatic carbocycles. The third-order valence-electron chi connectivity index (χ3n) is 1.83. The van der Waals surface area contributed by atoms with Crippen molar-refractivity contribution >= 4 is 47.0 Å². The van der Waals surface area contributed by atoms with Gasteiger partial charge in [-0.25, -0.2) is 0 Å². The van der Waals surface area contributed by atoms with Gasteiger partial charge in [-0.15, -0.1) is 23.5 Å². The molecule has 2 aliphatic rings. The summed E-state index contributed by atoms with van der Waals surface area (Å²) in [6, 6.07) is 0. The van der Waals surface area contributed by atoms with Crippen molar-refractivity contribution in [3.05, 3.63) is 0 Å². The summed E-state index contributed by atoms with van der Waals surface area (Å²) < 4.78 is 0.617. The van der Waals surface area contributed by atoms with E-state index in [0.29, 0.717) is 4.08 Å². The van der Waals surface area contributed by atoms with Gasteiger partial charge in [-0.3, -0.25) is 0 Å². The van der Waals surface area contributed by atoms with E-state index in [4.69, 9.17) is 0 Å². The largest absolute Gasteiger partial charge is 0.159 e. The van der Waals surface area contributed by atoms with Crippen molar-refractivity contribution in [2.45, 2.75) is 4.08 Å². The Kier molecular flexibility index (Phi) is 3.32. The van der Waals surface area contributed by atoms with Crippen LogP contribution in [0, 0.1) is 0 Å². The third kappa shape index (κ3) is 2.20. The lowest BCUT2D eigenvalue weighted by molar-refractivity contribution is 1.04. The fourth-order valence-corrected chi connectivity index (χ4v) is 8.04. The SMILES string of the molecule is C1CSC2(CS1)CSCCS2. The molecule has 0 bridgehead atoms. The molecule has 2 aliphatic heterocycles. The van der Waals surface area contributed by atoms with Crippen LogP contribution in [0.3, 0.4) is 0 Å². The maximum atomic E-state index is 2.21. The predicted molar refractivity (Wildman–Crippen MR) is 62.3 cm³/mol. The van der Waals surface area contributed by atoms with E-state index in [1.54, 1.807) is 0 Å². The summed E-state index contributed by atoms with van der Waals surface area (Å²) in [5.74, 6) is 8.26. The molecule has 0 aliphatic carbocycles. The molecule has 0 unspecified atom stereocenters. The van der Waals surface area contributed by atoms with Crippen LogP contribution < -0.4 is 0 Å². The molecule has 2 fully saturated rings. The van der Waals surface area contributed by atoms with Gasteiger partial charge in [0.05, 0.1) is 4.08 Å². The van der Waals surface area contributed by atoms with Gasteiger partial charge in [0, 0.05) is 34.5 Å². The normalized spacial score (nSPS) is 30.5. The number of thioether (sulfide) groups is 4. The van der Waals surface area contributed by atoms with Gasteiger partial charge in [0.25, 0.3) is 0 Å². The zero-order valence-corrected chi connectivity index (χ0v) is 9.64. The van der Waals surface area contributed by atoms with Crippen molar-refractivity contribution in [3.8, 4) is 0 Å². The lowest BCUT2D eigenvalue weighted by Gasteiger charge is -2.38. The molecule has 2 heterocycles. The second-order valence-electron chi connectivity index (χ2n) is 2.71. The minimum atomic E-state index is 0.617. The Bertz CT molecular complexity index is 105. The Labute approximate surface area is 85.4 Å². The smallest absolute Gasteiger partial charge is 0.0791 e. The monoisotopic (exact) mass is 224 g/mol. The maximum Gasteiger partial charge on any atom is 0.0791 e. The minimum Gasteiger partial charge on any atom is -0.159 e. The Balaban J connectivity index is 1.94. The zero-order chi connectivity index (χ0) is 7.57. The Morgan fingerprint density at radius 1 is 0.727 bits per heavy atom. The van der Waals surface area contributed by atoms with Gasteiger partial charge in [-0.2, -0.15) is 23.5 Å². The molecule has 64 valence electrons. The Morgan fingerprint density at radius 3 is 1.64 bits per heavy atom. The first-order valence-corrected chi connectivity index (χ1v) is 8.13. The highest BCUT2D eigenvalue weighted by atomic mass is 32.2. The van der Waals surface area contributed by atoms with Crippen molar-refractivity contribution in [2.75, 3.05) is 34.5 Å². The molecule has 0 N–H and O–H groups in total. The third-order valence-corrected chi connectivity index (χ3v) is 8.61. The van der Waals surface area contributed by atoms with Crippen LogP contribution in [0.15, 0.2) is 0 Å². The average molecular weight is 224 g/mol. The van der Waals surface area contributed by atoms with E-state index < -0.39 is 0 Å². The van der Waals surface area contributed by atoms with Gasteiger partial charge in [-0.1, -0.05) is 0 Å². The fourth-order valence-electron chi connectivity index (χ4n) is 1.28. The first kappa shape index (κ1) is 8.97. The standard InChI is InChI=1S/C7H12S4/c1-3-10-7(5-8-1)6-9-2-4-11-7/h1-6H2. The van der Waals surface area contributed by atoms with Crippen molar-refractivity contribution in [1.29, 1.82) is 0 Å². The molecule has 1 spiro atoms. The molecule has 0 atom stereocenters. The molecular weight excluding hydrogens is 212 g/mol. The van der Waals surface area contributed by atoms with Gasteiger partial charge in [-0.05, 0) is 0 Å². The quantitative estimate of drug-likeness (QED) is 0.620. The molecule has 11 heavy (non-hydrogen) atoms. The van der Waals surface area contributed by atoms with Crippen LogP contribution in [0.5, 0.6) is 0 Å². The first-order chi connectivity index (χ1) is 5.41. The first-order valence-electron chi connectivity index (χ1n) is 3.85. The van der Waals surface area contributed by atoms with Crippen LogP contribution in [0.2, 0.25) is 0 Å². The van der Waals surface area contributed by atoms with E-state index in [9.17, 15) is 0 Å². The summed E-state index contributed by atoms with van der Waals surface area (Å²) >= 11 is 8.71. The van der Waals surface area contributed by atoms with E-state index in [2.05, 4.69) is 47.0 Å². The lowest BCUT2D eigenvalue weighted by atomic mass is 10.5. The van der Waals surface area contributed by atoms with Gasteiger partial charge >= 0.3 is 0 Å². The second-order valence-corrected chi connectivity index (χ2v) is 8.14. The molecule has 0 aromatic rings. The van der Waals surface area contributed by atoms with Crippen LogP contribution in [-0.4, -0.2) is 38.6 Å². The van der Waals surface area contributed by atoms with Crippen molar-refractivity contribution in [3.63, 3.8) is 0 Å². The molecule has 0 radical (unpaired) electrons. The Morgan fingerprint density at radius 2 is 1.27 bits per heavy atom. The highest BCUT2D eigenvalue weighted by Gasteiger charge is 2.35. The van der Waals surface area contributed by atoms with E-state index in [1.165, 1.54) is 34.5 Å². The number of hydrogen-bond donors (Lipinski definition) is 0. The Hall–Kier alpha value is 1.40. The maximum absolute atomic E-state index is 2.21. The molecular formula is C7H12S4. The van der Waals surface area contributed by atoms with E-state index in [1.807, 2.05) is 0 Å². The molecule has 0 aromatic heterocycles. The van der Waals surface area contributed by atoms with Crippen LogP contribution in [-0.2, 0) is 0 Å². The van der Waals surface area contributed by atoms with E-state index in [-0.39, 0.29) is 0 Å². The summed E-state index contributed by atoms with van der Waals surface area (Å²) in [6.45, 7) is 0. The van der Waals surface area contributed by atoms with Crippen molar-refractivity contribution in [1.82, 2.24) is 0 Å². The molecule has 0 nitrogen and oxygen atoms in total. The molecule has 2 rings (SSSR count). The summed E-state index contributed by atoms with van der Waals surface area (Å²) in [7, 11) is 0. The fraction of sp³-hybridized carbons (Fsp3) is 1.00. The minimum absolute atomic E-state index is 0.617. The number of rotatable bonds is 0. The molecule has 0 saturated carbocycles. The van der Waals surface area contributed by atoms with Gasteiger partial charge < -0.3 is 0 Å².